The number of hydrogen-bond donors (Lipinski definition) is 1. The molecule has 102 valence electrons. The van der Waals surface area contributed by atoms with Crippen molar-refractivity contribution in [3.63, 3.8) is 0 Å². The van der Waals surface area contributed by atoms with Gasteiger partial charge < -0.3 is 10.1 Å². The van der Waals surface area contributed by atoms with Gasteiger partial charge in [-0.2, -0.15) is 0 Å². The maximum absolute atomic E-state index is 5.85. The van der Waals surface area contributed by atoms with E-state index in [2.05, 4.69) is 36.3 Å². The molecule has 2 aromatic rings. The van der Waals surface area contributed by atoms with Crippen molar-refractivity contribution in [2.75, 3.05) is 0 Å². The summed E-state index contributed by atoms with van der Waals surface area (Å²) in [6, 6.07) is 6.50. The van der Waals surface area contributed by atoms with Gasteiger partial charge in [-0.05, 0) is 12.1 Å². The van der Waals surface area contributed by atoms with Crippen LogP contribution >= 0.6 is 22.9 Å². The SMILES string of the molecule is CC(C)NCc1ccc(COc2cncc(Cl)c2)s1. The Morgan fingerprint density at radius 2 is 2.11 bits per heavy atom. The Balaban J connectivity index is 1.86. The van der Waals surface area contributed by atoms with E-state index in [9.17, 15) is 0 Å². The second kappa shape index (κ2) is 6.89. The number of nitrogens with zero attached hydrogens (tertiary/aromatic N) is 1. The van der Waals surface area contributed by atoms with E-state index in [1.54, 1.807) is 29.8 Å². The molecule has 0 aromatic carbocycles. The van der Waals surface area contributed by atoms with Gasteiger partial charge in [-0.25, -0.2) is 0 Å². The zero-order valence-corrected chi connectivity index (χ0v) is 12.6. The van der Waals surface area contributed by atoms with Crippen LogP contribution in [0.5, 0.6) is 5.75 Å². The number of aromatic nitrogens is 1. The summed E-state index contributed by atoms with van der Waals surface area (Å²) >= 11 is 7.61. The van der Waals surface area contributed by atoms with Gasteiger partial charge in [0, 0.05) is 34.6 Å². The highest BCUT2D eigenvalue weighted by Gasteiger charge is 2.03. The van der Waals surface area contributed by atoms with Crippen molar-refractivity contribution in [2.24, 2.45) is 0 Å². The topological polar surface area (TPSA) is 34.1 Å². The van der Waals surface area contributed by atoms with Crippen molar-refractivity contribution in [1.29, 1.82) is 0 Å². The summed E-state index contributed by atoms with van der Waals surface area (Å²) in [5.74, 6) is 0.697. The van der Waals surface area contributed by atoms with Crippen LogP contribution in [0, 0.1) is 0 Å². The fourth-order valence-corrected chi connectivity index (χ4v) is 2.57. The Hall–Kier alpha value is -1.10. The number of thiophene rings is 1. The summed E-state index contributed by atoms with van der Waals surface area (Å²) in [5, 5.41) is 3.99. The second-order valence-corrected chi connectivity index (χ2v) is 6.22. The number of ether oxygens (including phenoxy) is 1. The third kappa shape index (κ3) is 4.82. The summed E-state index contributed by atoms with van der Waals surface area (Å²) < 4.78 is 5.65. The van der Waals surface area contributed by atoms with E-state index in [4.69, 9.17) is 16.3 Å². The van der Waals surface area contributed by atoms with Gasteiger partial charge in [-0.3, -0.25) is 4.98 Å². The summed E-state index contributed by atoms with van der Waals surface area (Å²) in [7, 11) is 0. The van der Waals surface area contributed by atoms with Crippen molar-refractivity contribution < 1.29 is 4.74 Å². The van der Waals surface area contributed by atoms with E-state index < -0.39 is 0 Å². The largest absolute Gasteiger partial charge is 0.486 e. The van der Waals surface area contributed by atoms with Crippen LogP contribution in [0.1, 0.15) is 23.6 Å². The zero-order chi connectivity index (χ0) is 13.7. The van der Waals surface area contributed by atoms with Crippen molar-refractivity contribution in [2.45, 2.75) is 33.0 Å². The lowest BCUT2D eigenvalue weighted by molar-refractivity contribution is 0.308. The molecule has 5 heteroatoms. The van der Waals surface area contributed by atoms with Gasteiger partial charge in [-0.1, -0.05) is 25.4 Å². The van der Waals surface area contributed by atoms with Crippen LogP contribution in [0.4, 0.5) is 0 Å². The molecule has 2 heterocycles. The molecule has 0 spiro atoms. The molecule has 0 unspecified atom stereocenters. The van der Waals surface area contributed by atoms with Crippen LogP contribution in [-0.4, -0.2) is 11.0 Å². The highest BCUT2D eigenvalue weighted by atomic mass is 35.5. The predicted molar refractivity (Wildman–Crippen MR) is 79.9 cm³/mol. The molecule has 0 fully saturated rings. The van der Waals surface area contributed by atoms with Crippen molar-refractivity contribution in [3.8, 4) is 5.75 Å². The Kier molecular flexibility index (Phi) is 5.19. The Morgan fingerprint density at radius 3 is 2.84 bits per heavy atom. The lowest BCUT2D eigenvalue weighted by Crippen LogP contribution is -2.21. The molecule has 1 N–H and O–H groups in total. The number of hydrogen-bond acceptors (Lipinski definition) is 4. The number of nitrogens with one attached hydrogen (secondary N) is 1. The quantitative estimate of drug-likeness (QED) is 0.878. The van der Waals surface area contributed by atoms with Gasteiger partial charge in [0.25, 0.3) is 0 Å². The molecule has 2 rings (SSSR count). The molecule has 0 aliphatic rings. The summed E-state index contributed by atoms with van der Waals surface area (Å²) in [5.41, 5.74) is 0. The Morgan fingerprint density at radius 1 is 1.32 bits per heavy atom. The van der Waals surface area contributed by atoms with Gasteiger partial charge in [-0.15, -0.1) is 11.3 Å². The van der Waals surface area contributed by atoms with E-state index in [0.717, 1.165) is 6.54 Å². The summed E-state index contributed by atoms with van der Waals surface area (Å²) in [6.07, 6.45) is 3.26. The fraction of sp³-hybridized carbons (Fsp3) is 0.357. The minimum atomic E-state index is 0.499. The molecule has 2 aromatic heterocycles. The van der Waals surface area contributed by atoms with Crippen molar-refractivity contribution in [3.05, 3.63) is 45.4 Å². The molecular formula is C14H17ClN2OS. The first-order valence-electron chi connectivity index (χ1n) is 6.18. The molecule has 0 aliphatic heterocycles. The third-order valence-electron chi connectivity index (χ3n) is 2.46. The zero-order valence-electron chi connectivity index (χ0n) is 11.0. The summed E-state index contributed by atoms with van der Waals surface area (Å²) in [6.45, 7) is 5.74. The Bertz CT molecular complexity index is 528. The average molecular weight is 297 g/mol. The van der Waals surface area contributed by atoms with Crippen LogP contribution in [0.3, 0.4) is 0 Å². The van der Waals surface area contributed by atoms with Crippen LogP contribution in [0.2, 0.25) is 5.02 Å². The van der Waals surface area contributed by atoms with E-state index in [1.807, 2.05) is 0 Å². The highest BCUT2D eigenvalue weighted by Crippen LogP contribution is 2.20. The lowest BCUT2D eigenvalue weighted by atomic mass is 10.3. The van der Waals surface area contributed by atoms with E-state index in [0.29, 0.717) is 23.4 Å². The molecule has 3 nitrogen and oxygen atoms in total. The monoisotopic (exact) mass is 296 g/mol. The number of pyridine rings is 1. The molecule has 0 amide bonds. The minimum Gasteiger partial charge on any atom is -0.486 e. The molecule has 0 radical (unpaired) electrons. The molecule has 19 heavy (non-hydrogen) atoms. The van der Waals surface area contributed by atoms with Gasteiger partial charge >= 0.3 is 0 Å². The van der Waals surface area contributed by atoms with Crippen LogP contribution in [-0.2, 0) is 13.2 Å². The summed E-state index contributed by atoms with van der Waals surface area (Å²) in [4.78, 5) is 6.50. The number of rotatable bonds is 6. The minimum absolute atomic E-state index is 0.499. The molecule has 0 saturated carbocycles. The molecule has 0 aliphatic carbocycles. The van der Waals surface area contributed by atoms with Gasteiger partial charge in [0.15, 0.2) is 0 Å². The lowest BCUT2D eigenvalue weighted by Gasteiger charge is -2.05. The molecule has 0 atom stereocenters. The normalized spacial score (nSPS) is 10.9. The fourth-order valence-electron chi connectivity index (χ4n) is 1.53. The van der Waals surface area contributed by atoms with E-state index in [-0.39, 0.29) is 0 Å². The van der Waals surface area contributed by atoms with Gasteiger partial charge in [0.2, 0.25) is 0 Å². The standard InChI is InChI=1S/C14H17ClN2OS/c1-10(2)17-8-13-3-4-14(19-13)9-18-12-5-11(15)6-16-7-12/h3-7,10,17H,8-9H2,1-2H3. The van der Waals surface area contributed by atoms with E-state index >= 15 is 0 Å². The number of halogens is 1. The predicted octanol–water partition coefficient (Wildman–Crippen LogP) is 3.87. The first-order chi connectivity index (χ1) is 9.13. The van der Waals surface area contributed by atoms with Crippen molar-refractivity contribution >= 4 is 22.9 Å². The van der Waals surface area contributed by atoms with E-state index in [1.165, 1.54) is 9.75 Å². The molecule has 0 saturated heterocycles. The Labute approximate surface area is 122 Å². The van der Waals surface area contributed by atoms with Crippen LogP contribution < -0.4 is 10.1 Å². The first kappa shape index (κ1) is 14.3. The van der Waals surface area contributed by atoms with Crippen LogP contribution in [0.25, 0.3) is 0 Å². The van der Waals surface area contributed by atoms with Crippen molar-refractivity contribution in [1.82, 2.24) is 10.3 Å². The maximum Gasteiger partial charge on any atom is 0.139 e. The third-order valence-corrected chi connectivity index (χ3v) is 3.73. The molecule has 0 bridgehead atoms. The second-order valence-electron chi connectivity index (χ2n) is 4.53. The van der Waals surface area contributed by atoms with Gasteiger partial charge in [0.05, 0.1) is 11.2 Å². The maximum atomic E-state index is 5.85. The molecular weight excluding hydrogens is 280 g/mol. The average Bonchev–Trinajstić information content (AvgIpc) is 2.82. The first-order valence-corrected chi connectivity index (χ1v) is 7.37. The smallest absolute Gasteiger partial charge is 0.139 e. The highest BCUT2D eigenvalue weighted by molar-refractivity contribution is 7.11. The van der Waals surface area contributed by atoms with Gasteiger partial charge in [0.1, 0.15) is 12.4 Å². The van der Waals surface area contributed by atoms with Crippen LogP contribution in [0.15, 0.2) is 30.6 Å².